The third-order valence-corrected chi connectivity index (χ3v) is 6.22. The zero-order chi connectivity index (χ0) is 21.7. The maximum Gasteiger partial charge on any atom is 0.231 e. The van der Waals surface area contributed by atoms with Crippen LogP contribution in [0.25, 0.3) is 21.9 Å². The number of aryl methyl sites for hydroxylation is 1. The lowest BCUT2D eigenvalue weighted by Crippen LogP contribution is -2.00. The first-order valence-corrected chi connectivity index (χ1v) is 10.6. The average Bonchev–Trinajstić information content (AvgIpc) is 3.47. The Bertz CT molecular complexity index is 1380. The van der Waals surface area contributed by atoms with Gasteiger partial charge in [-0.15, -0.1) is 0 Å². The van der Waals surface area contributed by atoms with Crippen molar-refractivity contribution in [2.24, 2.45) is 0 Å². The van der Waals surface area contributed by atoms with Crippen LogP contribution >= 0.6 is 0 Å². The van der Waals surface area contributed by atoms with Crippen molar-refractivity contribution in [3.63, 3.8) is 0 Å². The zero-order valence-electron chi connectivity index (χ0n) is 17.6. The molecule has 0 fully saturated rings. The Morgan fingerprint density at radius 3 is 2.41 bits per heavy atom. The van der Waals surface area contributed by atoms with Crippen molar-refractivity contribution in [1.82, 2.24) is 0 Å². The second-order valence-corrected chi connectivity index (χ2v) is 8.03. The smallest absolute Gasteiger partial charge is 0.231 e. The fourth-order valence-electron chi connectivity index (χ4n) is 4.67. The van der Waals surface area contributed by atoms with E-state index in [1.807, 2.05) is 30.3 Å². The lowest BCUT2D eigenvalue weighted by Gasteiger charge is -2.18. The Balaban J connectivity index is 1.60. The Kier molecular flexibility index (Phi) is 4.28. The van der Waals surface area contributed by atoms with Crippen LogP contribution in [-0.4, -0.2) is 19.8 Å². The van der Waals surface area contributed by atoms with Crippen LogP contribution in [0.5, 0.6) is 23.0 Å². The van der Waals surface area contributed by atoms with Crippen LogP contribution in [-0.2, 0) is 6.42 Å². The molecule has 6 rings (SSSR count). The van der Waals surface area contributed by atoms with E-state index in [0.29, 0.717) is 11.5 Å². The third-order valence-electron chi connectivity index (χ3n) is 6.22. The molecule has 1 N–H and O–H groups in total. The summed E-state index contributed by atoms with van der Waals surface area (Å²) in [5.41, 5.74) is 6.24. The molecule has 158 valence electrons. The Hall–Kier alpha value is -3.99. The number of nitrogens with one attached hydrogen (secondary N) is 1. The molecule has 5 nitrogen and oxygen atoms in total. The summed E-state index contributed by atoms with van der Waals surface area (Å²) in [4.78, 5) is 0. The third kappa shape index (κ3) is 2.89. The van der Waals surface area contributed by atoms with Crippen LogP contribution in [0.2, 0.25) is 0 Å². The van der Waals surface area contributed by atoms with Crippen molar-refractivity contribution in [2.75, 3.05) is 13.6 Å². The normalized spacial score (nSPS) is 13.5. The summed E-state index contributed by atoms with van der Waals surface area (Å²) in [6.45, 7) is 2.54. The first kappa shape index (κ1) is 18.8. The highest BCUT2D eigenvalue weighted by Crippen LogP contribution is 2.46. The van der Waals surface area contributed by atoms with Gasteiger partial charge in [0.2, 0.25) is 13.6 Å². The van der Waals surface area contributed by atoms with Crippen LogP contribution in [0.1, 0.15) is 22.3 Å². The standard InChI is InChI=1S/C27H21NO4/c1-16-20(8-7-18-10-23-24(12-21(16)18)30-14-29-23)26-19(9-17-5-3-2-4-6-17)11-25-27(22(26)13-28)32-15-31-25/h2-8,10-13,28H,9,14-15H2,1H3. The molecular formula is C27H21NO4. The van der Waals surface area contributed by atoms with Gasteiger partial charge in [0.15, 0.2) is 23.0 Å². The summed E-state index contributed by atoms with van der Waals surface area (Å²) in [5, 5.41) is 10.4. The molecule has 0 saturated carbocycles. The first-order chi connectivity index (χ1) is 15.7. The molecule has 2 aliphatic heterocycles. The first-order valence-electron chi connectivity index (χ1n) is 10.6. The molecule has 4 aromatic carbocycles. The molecule has 2 aliphatic rings. The van der Waals surface area contributed by atoms with Gasteiger partial charge in [-0.3, -0.25) is 0 Å². The van der Waals surface area contributed by atoms with Crippen molar-refractivity contribution in [3.05, 3.63) is 82.9 Å². The maximum absolute atomic E-state index is 8.22. The number of ether oxygens (including phenoxy) is 4. The molecule has 0 bridgehead atoms. The van der Waals surface area contributed by atoms with Crippen LogP contribution in [0.3, 0.4) is 0 Å². The topological polar surface area (TPSA) is 60.8 Å². The van der Waals surface area contributed by atoms with Gasteiger partial charge in [0.05, 0.1) is 0 Å². The SMILES string of the molecule is Cc1c(-c2c(Cc3ccccc3)cc3c(c2C=N)OCO3)ccc2cc3c(cc12)OCO3. The fourth-order valence-corrected chi connectivity index (χ4v) is 4.67. The molecule has 32 heavy (non-hydrogen) atoms. The van der Waals surface area contributed by atoms with E-state index in [0.717, 1.165) is 56.5 Å². The minimum atomic E-state index is 0.171. The summed E-state index contributed by atoms with van der Waals surface area (Å²) < 4.78 is 22.6. The number of rotatable bonds is 4. The van der Waals surface area contributed by atoms with Gasteiger partial charge < -0.3 is 24.4 Å². The van der Waals surface area contributed by atoms with Gasteiger partial charge in [-0.25, -0.2) is 0 Å². The van der Waals surface area contributed by atoms with E-state index in [2.05, 4.69) is 37.3 Å². The Morgan fingerprint density at radius 1 is 0.844 bits per heavy atom. The van der Waals surface area contributed by atoms with Crippen LogP contribution in [0, 0.1) is 12.3 Å². The van der Waals surface area contributed by atoms with Crippen molar-refractivity contribution in [1.29, 1.82) is 5.41 Å². The van der Waals surface area contributed by atoms with E-state index in [1.54, 1.807) is 0 Å². The summed E-state index contributed by atoms with van der Waals surface area (Å²) in [6.07, 6.45) is 2.10. The Morgan fingerprint density at radius 2 is 1.59 bits per heavy atom. The predicted molar refractivity (Wildman–Crippen MR) is 124 cm³/mol. The number of fused-ring (bicyclic) bond motifs is 3. The largest absolute Gasteiger partial charge is 0.454 e. The summed E-state index contributed by atoms with van der Waals surface area (Å²) in [7, 11) is 0. The zero-order valence-corrected chi connectivity index (χ0v) is 17.6. The van der Waals surface area contributed by atoms with Crippen molar-refractivity contribution in [2.45, 2.75) is 13.3 Å². The molecule has 0 aromatic heterocycles. The van der Waals surface area contributed by atoms with E-state index < -0.39 is 0 Å². The molecule has 0 atom stereocenters. The molecule has 0 unspecified atom stereocenters. The molecule has 0 spiro atoms. The highest BCUT2D eigenvalue weighted by Gasteiger charge is 2.26. The van der Waals surface area contributed by atoms with Crippen molar-refractivity contribution < 1.29 is 18.9 Å². The summed E-state index contributed by atoms with van der Waals surface area (Å²) in [6, 6.07) is 20.7. The molecule has 2 heterocycles. The van der Waals surface area contributed by atoms with E-state index in [-0.39, 0.29) is 13.6 Å². The van der Waals surface area contributed by atoms with Gasteiger partial charge in [-0.1, -0.05) is 42.5 Å². The van der Waals surface area contributed by atoms with Crippen molar-refractivity contribution >= 4 is 17.0 Å². The predicted octanol–water partition coefficient (Wildman–Crippen LogP) is 5.86. The van der Waals surface area contributed by atoms with Gasteiger partial charge in [-0.2, -0.15) is 0 Å². The quantitative estimate of drug-likeness (QED) is 0.418. The lowest BCUT2D eigenvalue weighted by atomic mass is 9.86. The minimum absolute atomic E-state index is 0.171. The average molecular weight is 423 g/mol. The van der Waals surface area contributed by atoms with E-state index >= 15 is 0 Å². The van der Waals surface area contributed by atoms with E-state index in [1.165, 1.54) is 11.8 Å². The highest BCUT2D eigenvalue weighted by molar-refractivity contribution is 6.00. The number of hydrogen-bond acceptors (Lipinski definition) is 5. The minimum Gasteiger partial charge on any atom is -0.454 e. The fraction of sp³-hybridized carbons (Fsp3) is 0.148. The molecular weight excluding hydrogens is 402 g/mol. The van der Waals surface area contributed by atoms with Crippen molar-refractivity contribution in [3.8, 4) is 34.1 Å². The van der Waals surface area contributed by atoms with Gasteiger partial charge in [0.25, 0.3) is 0 Å². The second-order valence-electron chi connectivity index (χ2n) is 8.03. The summed E-state index contributed by atoms with van der Waals surface area (Å²) in [5.74, 6) is 2.87. The van der Waals surface area contributed by atoms with Crippen LogP contribution in [0.4, 0.5) is 0 Å². The van der Waals surface area contributed by atoms with Gasteiger partial charge in [-0.05, 0) is 70.1 Å². The molecule has 0 amide bonds. The molecule has 5 heteroatoms. The summed E-state index contributed by atoms with van der Waals surface area (Å²) >= 11 is 0. The van der Waals surface area contributed by atoms with E-state index in [4.69, 9.17) is 24.4 Å². The molecule has 0 radical (unpaired) electrons. The Labute approximate surface area is 185 Å². The van der Waals surface area contributed by atoms with E-state index in [9.17, 15) is 0 Å². The number of benzene rings is 4. The second kappa shape index (κ2) is 7.31. The lowest BCUT2D eigenvalue weighted by molar-refractivity contribution is 0.173. The van der Waals surface area contributed by atoms with Gasteiger partial charge >= 0.3 is 0 Å². The molecule has 0 aliphatic carbocycles. The van der Waals surface area contributed by atoms with Crippen LogP contribution < -0.4 is 18.9 Å². The number of hydrogen-bond donors (Lipinski definition) is 1. The molecule has 0 saturated heterocycles. The van der Waals surface area contributed by atoms with Gasteiger partial charge in [0.1, 0.15) is 0 Å². The monoisotopic (exact) mass is 423 g/mol. The highest BCUT2D eigenvalue weighted by atomic mass is 16.7. The maximum atomic E-state index is 8.22. The molecule has 4 aromatic rings. The van der Waals surface area contributed by atoms with Crippen LogP contribution in [0.15, 0.2) is 60.7 Å². The van der Waals surface area contributed by atoms with Gasteiger partial charge in [0, 0.05) is 11.8 Å².